The Kier molecular flexibility index (Phi) is 6.97. The molecule has 0 bridgehead atoms. The Balaban J connectivity index is 1.75. The van der Waals surface area contributed by atoms with Gasteiger partial charge >= 0.3 is 0 Å². The van der Waals surface area contributed by atoms with E-state index in [0.29, 0.717) is 11.6 Å². The molecular weight excluding hydrogens is 482 g/mol. The molecule has 0 spiro atoms. The molecule has 1 N–H and O–H groups in total. The summed E-state index contributed by atoms with van der Waals surface area (Å²) in [6, 6.07) is 3.26. The number of fused-ring (bicyclic) bond motifs is 1. The highest BCUT2D eigenvalue weighted by atomic mass is 32.1. The molecule has 9 nitrogen and oxygen atoms in total. The van der Waals surface area contributed by atoms with E-state index in [1.54, 1.807) is 6.92 Å². The molecule has 3 aromatic rings. The number of pyridine rings is 1. The lowest BCUT2D eigenvalue weighted by molar-refractivity contribution is -0.0439. The van der Waals surface area contributed by atoms with Gasteiger partial charge in [0.05, 0.1) is 25.3 Å². The molecule has 1 amide bonds. The van der Waals surface area contributed by atoms with E-state index in [4.69, 9.17) is 9.47 Å². The van der Waals surface area contributed by atoms with E-state index in [-0.39, 0.29) is 48.0 Å². The Morgan fingerprint density at radius 2 is 1.89 bits per heavy atom. The second kappa shape index (κ2) is 9.80. The summed E-state index contributed by atoms with van der Waals surface area (Å²) in [7, 11) is 3.04. The van der Waals surface area contributed by atoms with Gasteiger partial charge in [0, 0.05) is 39.4 Å². The molecule has 1 aliphatic heterocycles. The van der Waals surface area contributed by atoms with Crippen molar-refractivity contribution in [2.45, 2.75) is 25.4 Å². The zero-order valence-electron chi connectivity index (χ0n) is 19.4. The number of benzene rings is 1. The summed E-state index contributed by atoms with van der Waals surface area (Å²) in [4.78, 5) is 27.8. The molecule has 4 rings (SSSR count). The van der Waals surface area contributed by atoms with E-state index in [9.17, 15) is 23.5 Å². The fourth-order valence-corrected chi connectivity index (χ4v) is 5.33. The highest BCUT2D eigenvalue weighted by Crippen LogP contribution is 2.33. The van der Waals surface area contributed by atoms with Gasteiger partial charge in [-0.25, -0.2) is 8.78 Å². The lowest BCUT2D eigenvalue weighted by Gasteiger charge is -2.47. The van der Waals surface area contributed by atoms with Crippen molar-refractivity contribution in [3.05, 3.63) is 62.5 Å². The maximum absolute atomic E-state index is 14.0. The second-order valence-electron chi connectivity index (χ2n) is 8.25. The van der Waals surface area contributed by atoms with Gasteiger partial charge in [-0.15, -0.1) is 10.2 Å². The third-order valence-electron chi connectivity index (χ3n) is 5.94. The molecule has 0 atom stereocenters. The minimum Gasteiger partial charge on any atom is -0.503 e. The molecule has 0 saturated heterocycles. The van der Waals surface area contributed by atoms with Crippen LogP contribution >= 0.6 is 11.3 Å². The second-order valence-corrected chi connectivity index (χ2v) is 9.31. The largest absolute Gasteiger partial charge is 0.503 e. The van der Waals surface area contributed by atoms with Crippen molar-refractivity contribution < 1.29 is 28.2 Å². The van der Waals surface area contributed by atoms with Crippen molar-refractivity contribution >= 4 is 17.2 Å². The monoisotopic (exact) mass is 506 g/mol. The molecule has 0 radical (unpaired) electrons. The van der Waals surface area contributed by atoms with E-state index in [2.05, 4.69) is 10.2 Å². The standard InChI is InChI=1S/C23H24F2N4O5S/c1-4-29-22(32)18-20(31)19(30)15(9-28(18)10-23(29,11-33-2)12-34-3)21-27-26-17(35-21)7-13-5-6-14(24)8-16(13)25/h5-6,8-9,31H,4,7,10-12H2,1-3H3. The van der Waals surface area contributed by atoms with Crippen molar-refractivity contribution in [2.24, 2.45) is 0 Å². The third-order valence-corrected chi connectivity index (χ3v) is 6.89. The zero-order valence-corrected chi connectivity index (χ0v) is 20.2. The predicted octanol–water partition coefficient (Wildman–Crippen LogP) is 2.45. The van der Waals surface area contributed by atoms with E-state index < -0.39 is 34.3 Å². The van der Waals surface area contributed by atoms with E-state index in [1.165, 1.54) is 35.9 Å². The summed E-state index contributed by atoms with van der Waals surface area (Å²) in [5.41, 5.74) is -1.46. The SMILES string of the molecule is CCN1C(=O)c2c(O)c(=O)c(-c3nnc(Cc4ccc(F)cc4F)s3)cn2CC1(COC)COC. The number of amides is 1. The first-order valence-corrected chi connectivity index (χ1v) is 11.6. The molecule has 35 heavy (non-hydrogen) atoms. The van der Waals surface area contributed by atoms with Gasteiger partial charge in [-0.05, 0) is 18.6 Å². The van der Waals surface area contributed by atoms with Gasteiger partial charge in [0.1, 0.15) is 22.2 Å². The van der Waals surface area contributed by atoms with Gasteiger partial charge < -0.3 is 24.0 Å². The smallest absolute Gasteiger partial charge is 0.275 e. The summed E-state index contributed by atoms with van der Waals surface area (Å²) in [5, 5.41) is 19.4. The van der Waals surface area contributed by atoms with Crippen LogP contribution in [-0.4, -0.2) is 70.2 Å². The molecular formula is C23H24F2N4O5S. The number of ether oxygens (including phenoxy) is 2. The molecule has 0 saturated carbocycles. The number of carbonyl (C=O) groups excluding carboxylic acids is 1. The number of methoxy groups -OCH3 is 2. The molecule has 3 heterocycles. The first-order chi connectivity index (χ1) is 16.7. The van der Waals surface area contributed by atoms with Crippen molar-refractivity contribution in [1.82, 2.24) is 19.7 Å². The molecule has 1 aromatic carbocycles. The molecule has 0 unspecified atom stereocenters. The first-order valence-electron chi connectivity index (χ1n) is 10.8. The van der Waals surface area contributed by atoms with Gasteiger partial charge in [-0.1, -0.05) is 17.4 Å². The minimum absolute atomic E-state index is 0.0519. The molecule has 2 aromatic heterocycles. The lowest BCUT2D eigenvalue weighted by atomic mass is 9.94. The summed E-state index contributed by atoms with van der Waals surface area (Å²) >= 11 is 1.04. The van der Waals surface area contributed by atoms with Crippen LogP contribution in [0, 0.1) is 11.6 Å². The van der Waals surface area contributed by atoms with Gasteiger partial charge in [-0.3, -0.25) is 9.59 Å². The van der Waals surface area contributed by atoms with Crippen molar-refractivity contribution in [3.8, 4) is 16.3 Å². The number of aromatic nitrogens is 3. The van der Waals surface area contributed by atoms with Crippen LogP contribution in [0.4, 0.5) is 8.78 Å². The molecule has 0 fully saturated rings. The molecule has 12 heteroatoms. The van der Waals surface area contributed by atoms with Crippen LogP contribution in [0.3, 0.4) is 0 Å². The number of aromatic hydroxyl groups is 1. The van der Waals surface area contributed by atoms with Gasteiger partial charge in [0.2, 0.25) is 5.43 Å². The molecule has 1 aliphatic rings. The summed E-state index contributed by atoms with van der Waals surface area (Å²) in [6.07, 6.45) is 1.52. The highest BCUT2D eigenvalue weighted by Gasteiger charge is 2.46. The molecule has 0 aliphatic carbocycles. The van der Waals surface area contributed by atoms with Crippen LogP contribution in [0.15, 0.2) is 29.2 Å². The number of rotatable bonds is 8. The fourth-order valence-electron chi connectivity index (χ4n) is 4.46. The molecule has 186 valence electrons. The quantitative estimate of drug-likeness (QED) is 0.500. The average Bonchev–Trinajstić information content (AvgIpc) is 3.27. The number of carbonyl (C=O) groups is 1. The van der Waals surface area contributed by atoms with E-state index >= 15 is 0 Å². The van der Waals surface area contributed by atoms with Gasteiger partial charge in [0.15, 0.2) is 16.5 Å². The number of likely N-dealkylation sites (N-methyl/N-ethyl adjacent to an activating group) is 1. The van der Waals surface area contributed by atoms with Crippen LogP contribution in [0.1, 0.15) is 28.0 Å². The summed E-state index contributed by atoms with van der Waals surface area (Å²) < 4.78 is 39.5. The van der Waals surface area contributed by atoms with Crippen LogP contribution in [0.2, 0.25) is 0 Å². The van der Waals surface area contributed by atoms with Crippen LogP contribution in [0.25, 0.3) is 10.6 Å². The Morgan fingerprint density at radius 1 is 1.17 bits per heavy atom. The Bertz CT molecular complexity index is 1320. The normalized spacial score (nSPS) is 14.9. The number of halogens is 2. The van der Waals surface area contributed by atoms with Crippen molar-refractivity contribution in [1.29, 1.82) is 0 Å². The first kappa shape index (κ1) is 24.9. The maximum atomic E-state index is 14.0. The lowest BCUT2D eigenvalue weighted by Crippen LogP contribution is -2.63. The van der Waals surface area contributed by atoms with Crippen LogP contribution in [-0.2, 0) is 22.4 Å². The van der Waals surface area contributed by atoms with Gasteiger partial charge in [0.25, 0.3) is 5.91 Å². The number of hydrogen-bond donors (Lipinski definition) is 1. The minimum atomic E-state index is -0.854. The average molecular weight is 507 g/mol. The highest BCUT2D eigenvalue weighted by molar-refractivity contribution is 7.14. The third kappa shape index (κ3) is 4.44. The fraction of sp³-hybridized carbons (Fsp3) is 0.391. The Labute approximate surface area is 203 Å². The Hall–Kier alpha value is -3.22. The van der Waals surface area contributed by atoms with Crippen molar-refractivity contribution in [3.63, 3.8) is 0 Å². The van der Waals surface area contributed by atoms with E-state index in [1.807, 2.05) is 0 Å². The van der Waals surface area contributed by atoms with Crippen LogP contribution < -0.4 is 5.43 Å². The maximum Gasteiger partial charge on any atom is 0.275 e. The van der Waals surface area contributed by atoms with Crippen molar-refractivity contribution in [2.75, 3.05) is 34.0 Å². The summed E-state index contributed by atoms with van der Waals surface area (Å²) in [5.74, 6) is -2.59. The number of hydrogen-bond acceptors (Lipinski definition) is 8. The summed E-state index contributed by atoms with van der Waals surface area (Å²) in [6.45, 7) is 2.67. The van der Waals surface area contributed by atoms with Crippen LogP contribution in [0.5, 0.6) is 5.75 Å². The topological polar surface area (TPSA) is 107 Å². The Morgan fingerprint density at radius 3 is 2.51 bits per heavy atom. The number of nitrogens with zero attached hydrogens (tertiary/aromatic N) is 4. The van der Waals surface area contributed by atoms with E-state index in [0.717, 1.165) is 23.5 Å². The predicted molar refractivity (Wildman–Crippen MR) is 124 cm³/mol. The zero-order chi connectivity index (χ0) is 25.3. The van der Waals surface area contributed by atoms with Gasteiger partial charge in [-0.2, -0.15) is 0 Å².